The number of carboxylic acids is 1. The van der Waals surface area contributed by atoms with Gasteiger partial charge in [-0.3, -0.25) is 9.69 Å². The maximum atomic E-state index is 11.2. The molecule has 5 nitrogen and oxygen atoms in total. The third-order valence-electron chi connectivity index (χ3n) is 4.15. The van der Waals surface area contributed by atoms with Crippen LogP contribution < -0.4 is 0 Å². The molecule has 1 atom stereocenters. The topological polar surface area (TPSA) is 58.4 Å². The van der Waals surface area contributed by atoms with E-state index in [1.165, 1.54) is 0 Å². The second kappa shape index (κ2) is 5.25. The molecule has 1 aromatic carbocycles. The van der Waals surface area contributed by atoms with Crippen LogP contribution in [0.5, 0.6) is 0 Å². The molecule has 3 rings (SSSR count). The largest absolute Gasteiger partial charge is 0.480 e. The van der Waals surface area contributed by atoms with E-state index in [2.05, 4.69) is 20.5 Å². The number of likely N-dealkylation sites (tertiary alicyclic amines) is 1. The number of fused-ring (bicyclic) bond motifs is 1. The average Bonchev–Trinajstić information content (AvgIpc) is 3.02. The molecule has 1 aliphatic heterocycles. The van der Waals surface area contributed by atoms with Crippen molar-refractivity contribution in [2.24, 2.45) is 7.05 Å². The van der Waals surface area contributed by atoms with E-state index in [0.29, 0.717) is 0 Å². The summed E-state index contributed by atoms with van der Waals surface area (Å²) in [6, 6.07) is 7.75. The first kappa shape index (κ1) is 13.1. The highest BCUT2D eigenvalue weighted by atomic mass is 16.4. The van der Waals surface area contributed by atoms with Gasteiger partial charge in [0.25, 0.3) is 0 Å². The van der Waals surface area contributed by atoms with Crippen LogP contribution in [0.1, 0.15) is 18.7 Å². The molecule has 106 valence electrons. The zero-order valence-corrected chi connectivity index (χ0v) is 11.6. The molecule has 2 aromatic rings. The molecule has 0 radical (unpaired) electrons. The van der Waals surface area contributed by atoms with Crippen LogP contribution >= 0.6 is 0 Å². The lowest BCUT2D eigenvalue weighted by molar-refractivity contribution is -0.142. The first-order valence-electron chi connectivity index (χ1n) is 7.04. The fraction of sp³-hybridized carbons (Fsp3) is 0.467. The Bertz CT molecular complexity index is 635. The molecule has 0 amide bonds. The number of aryl methyl sites for hydroxylation is 1. The van der Waals surface area contributed by atoms with Crippen LogP contribution in [0.3, 0.4) is 0 Å². The number of carboxylic acid groups (broad SMARTS) is 1. The summed E-state index contributed by atoms with van der Waals surface area (Å²) in [6.45, 7) is 1.63. The summed E-state index contributed by atoms with van der Waals surface area (Å²) in [5.41, 5.74) is 2.12. The van der Waals surface area contributed by atoms with Gasteiger partial charge in [0.1, 0.15) is 11.9 Å². The van der Waals surface area contributed by atoms with Gasteiger partial charge in [-0.2, -0.15) is 0 Å². The van der Waals surface area contributed by atoms with E-state index in [-0.39, 0.29) is 6.04 Å². The van der Waals surface area contributed by atoms with Gasteiger partial charge in [0.05, 0.1) is 11.0 Å². The number of benzene rings is 1. The fourth-order valence-electron chi connectivity index (χ4n) is 3.04. The van der Waals surface area contributed by atoms with Gasteiger partial charge in [0, 0.05) is 20.0 Å². The van der Waals surface area contributed by atoms with Crippen LogP contribution in [0.25, 0.3) is 11.0 Å². The third kappa shape index (κ3) is 2.29. The van der Waals surface area contributed by atoms with Crippen molar-refractivity contribution in [1.29, 1.82) is 0 Å². The summed E-state index contributed by atoms with van der Waals surface area (Å²) in [4.78, 5) is 17.9. The Kier molecular flexibility index (Phi) is 3.44. The minimum absolute atomic E-state index is 0.315. The molecule has 0 spiro atoms. The molecule has 0 saturated carbocycles. The number of nitrogens with zero attached hydrogens (tertiary/aromatic N) is 3. The van der Waals surface area contributed by atoms with Crippen molar-refractivity contribution in [1.82, 2.24) is 14.5 Å². The van der Waals surface area contributed by atoms with Crippen LogP contribution in [0.4, 0.5) is 0 Å². The average molecular weight is 273 g/mol. The third-order valence-corrected chi connectivity index (χ3v) is 4.15. The summed E-state index contributed by atoms with van der Waals surface area (Å²) < 4.78 is 2.10. The number of aliphatic carboxylic acids is 1. The molecule has 0 aliphatic carbocycles. The van der Waals surface area contributed by atoms with Crippen LogP contribution in [0, 0.1) is 0 Å². The van der Waals surface area contributed by atoms with Crippen molar-refractivity contribution in [2.45, 2.75) is 25.3 Å². The Morgan fingerprint density at radius 3 is 3.00 bits per heavy atom. The van der Waals surface area contributed by atoms with Crippen molar-refractivity contribution in [3.05, 3.63) is 30.1 Å². The van der Waals surface area contributed by atoms with E-state index >= 15 is 0 Å². The van der Waals surface area contributed by atoms with E-state index in [9.17, 15) is 9.90 Å². The van der Waals surface area contributed by atoms with E-state index in [1.54, 1.807) is 0 Å². The lowest BCUT2D eigenvalue weighted by atomic mass is 10.2. The Morgan fingerprint density at radius 1 is 1.45 bits per heavy atom. The van der Waals surface area contributed by atoms with Crippen LogP contribution in [-0.4, -0.2) is 44.7 Å². The highest BCUT2D eigenvalue weighted by Gasteiger charge is 2.30. The first-order valence-corrected chi connectivity index (χ1v) is 7.04. The van der Waals surface area contributed by atoms with Crippen molar-refractivity contribution >= 4 is 17.0 Å². The van der Waals surface area contributed by atoms with Crippen LogP contribution in [0.2, 0.25) is 0 Å². The molecule has 0 bridgehead atoms. The number of rotatable bonds is 4. The summed E-state index contributed by atoms with van der Waals surface area (Å²) in [6.07, 6.45) is 2.52. The number of imidazole rings is 1. The van der Waals surface area contributed by atoms with Gasteiger partial charge in [-0.05, 0) is 31.5 Å². The lowest BCUT2D eigenvalue weighted by Gasteiger charge is -2.20. The van der Waals surface area contributed by atoms with Gasteiger partial charge in [0.15, 0.2) is 0 Å². The lowest BCUT2D eigenvalue weighted by Crippen LogP contribution is -2.37. The molecular weight excluding hydrogens is 254 g/mol. The minimum atomic E-state index is -0.701. The maximum absolute atomic E-state index is 11.2. The molecular formula is C15H19N3O2. The maximum Gasteiger partial charge on any atom is 0.320 e. The molecule has 5 heteroatoms. The number of para-hydroxylation sites is 2. The molecule has 1 N–H and O–H groups in total. The van der Waals surface area contributed by atoms with Gasteiger partial charge < -0.3 is 9.67 Å². The second-order valence-electron chi connectivity index (χ2n) is 5.36. The Hall–Kier alpha value is -1.88. The fourth-order valence-corrected chi connectivity index (χ4v) is 3.04. The Labute approximate surface area is 117 Å². The van der Waals surface area contributed by atoms with Crippen molar-refractivity contribution in [3.8, 4) is 0 Å². The normalized spacial score (nSPS) is 19.8. The highest BCUT2D eigenvalue weighted by Crippen LogP contribution is 2.19. The van der Waals surface area contributed by atoms with E-state index in [1.807, 2.05) is 25.2 Å². The van der Waals surface area contributed by atoms with Gasteiger partial charge in [-0.1, -0.05) is 12.1 Å². The van der Waals surface area contributed by atoms with Crippen LogP contribution in [-0.2, 0) is 18.3 Å². The van der Waals surface area contributed by atoms with Crippen molar-refractivity contribution < 1.29 is 9.90 Å². The molecule has 1 aromatic heterocycles. The quantitative estimate of drug-likeness (QED) is 0.920. The first-order chi connectivity index (χ1) is 9.66. The predicted octanol–water partition coefficient (Wildman–Crippen LogP) is 1.66. The van der Waals surface area contributed by atoms with Crippen LogP contribution in [0.15, 0.2) is 24.3 Å². The van der Waals surface area contributed by atoms with E-state index in [0.717, 1.165) is 49.2 Å². The summed E-state index contributed by atoms with van der Waals surface area (Å²) in [5, 5.41) is 9.19. The minimum Gasteiger partial charge on any atom is -0.480 e. The van der Waals surface area contributed by atoms with Gasteiger partial charge >= 0.3 is 5.97 Å². The zero-order chi connectivity index (χ0) is 14.1. The standard InChI is InChI=1S/C15H19N3O2/c1-17-12-6-3-2-5-11(12)16-14(17)8-10-18-9-4-7-13(18)15(19)20/h2-3,5-6,13H,4,7-10H2,1H3,(H,19,20)/t13-/m0/s1. The molecule has 1 fully saturated rings. The second-order valence-corrected chi connectivity index (χ2v) is 5.36. The van der Waals surface area contributed by atoms with Gasteiger partial charge in [-0.25, -0.2) is 4.98 Å². The Balaban J connectivity index is 1.74. The number of aromatic nitrogens is 2. The highest BCUT2D eigenvalue weighted by molar-refractivity contribution is 5.75. The number of carbonyl (C=O) groups is 1. The molecule has 1 saturated heterocycles. The Morgan fingerprint density at radius 2 is 2.25 bits per heavy atom. The summed E-state index contributed by atoms with van der Waals surface area (Å²) in [7, 11) is 2.02. The molecule has 20 heavy (non-hydrogen) atoms. The number of hydrogen-bond donors (Lipinski definition) is 1. The molecule has 0 unspecified atom stereocenters. The summed E-state index contributed by atoms with van der Waals surface area (Å²) >= 11 is 0. The summed E-state index contributed by atoms with van der Waals surface area (Å²) in [5.74, 6) is 0.315. The monoisotopic (exact) mass is 273 g/mol. The van der Waals surface area contributed by atoms with Gasteiger partial charge in [-0.15, -0.1) is 0 Å². The van der Waals surface area contributed by atoms with Crippen molar-refractivity contribution in [3.63, 3.8) is 0 Å². The van der Waals surface area contributed by atoms with Crippen molar-refractivity contribution in [2.75, 3.05) is 13.1 Å². The number of hydrogen-bond acceptors (Lipinski definition) is 3. The smallest absolute Gasteiger partial charge is 0.320 e. The van der Waals surface area contributed by atoms with E-state index in [4.69, 9.17) is 0 Å². The predicted molar refractivity (Wildman–Crippen MR) is 76.6 cm³/mol. The molecule has 1 aliphatic rings. The van der Waals surface area contributed by atoms with Gasteiger partial charge in [0.2, 0.25) is 0 Å². The SMILES string of the molecule is Cn1c(CCN2CCC[C@H]2C(=O)O)nc2ccccc21. The molecule has 2 heterocycles. The van der Waals surface area contributed by atoms with E-state index < -0.39 is 5.97 Å². The zero-order valence-electron chi connectivity index (χ0n) is 11.6.